The van der Waals surface area contributed by atoms with E-state index in [1.165, 1.54) is 0 Å². The van der Waals surface area contributed by atoms with Crippen LogP contribution in [0.5, 0.6) is 11.5 Å². The lowest BCUT2D eigenvalue weighted by Gasteiger charge is -2.09. The van der Waals surface area contributed by atoms with Crippen LogP contribution >= 0.6 is 0 Å². The zero-order chi connectivity index (χ0) is 17.7. The third-order valence-electron chi connectivity index (χ3n) is 3.80. The first-order valence-electron chi connectivity index (χ1n) is 9.25. The predicted octanol–water partition coefficient (Wildman–Crippen LogP) is 5.18. The Kier molecular flexibility index (Phi) is 8.53. The highest BCUT2D eigenvalue weighted by molar-refractivity contribution is 5.46. The second-order valence-electron chi connectivity index (χ2n) is 5.87. The van der Waals surface area contributed by atoms with Crippen LogP contribution in [-0.2, 0) is 0 Å². The van der Waals surface area contributed by atoms with Crippen molar-refractivity contribution in [3.8, 4) is 11.5 Å². The molecule has 0 bridgehead atoms. The van der Waals surface area contributed by atoms with Crippen molar-refractivity contribution in [2.75, 3.05) is 36.9 Å². The second-order valence-corrected chi connectivity index (χ2v) is 5.87. The first-order chi connectivity index (χ1) is 12.3. The van der Waals surface area contributed by atoms with Gasteiger partial charge in [0.05, 0.1) is 13.2 Å². The summed E-state index contributed by atoms with van der Waals surface area (Å²) in [4.78, 5) is 0. The second kappa shape index (κ2) is 11.2. The molecule has 2 aromatic rings. The Morgan fingerprint density at radius 3 is 1.36 bits per heavy atom. The molecule has 0 heterocycles. The maximum Gasteiger partial charge on any atom is 0.119 e. The summed E-state index contributed by atoms with van der Waals surface area (Å²) in [5.41, 5.74) is 2.26. The zero-order valence-electron chi connectivity index (χ0n) is 15.4. The predicted molar refractivity (Wildman–Crippen MR) is 106 cm³/mol. The van der Waals surface area contributed by atoms with E-state index >= 15 is 0 Å². The molecule has 0 aliphatic carbocycles. The summed E-state index contributed by atoms with van der Waals surface area (Å²) in [7, 11) is 0. The maximum atomic E-state index is 5.76. The van der Waals surface area contributed by atoms with Gasteiger partial charge in [-0.3, -0.25) is 0 Å². The van der Waals surface area contributed by atoms with Crippen molar-refractivity contribution in [3.05, 3.63) is 48.5 Å². The number of ether oxygens (including phenoxy) is 2. The van der Waals surface area contributed by atoms with E-state index < -0.39 is 0 Å². The van der Waals surface area contributed by atoms with E-state index in [-0.39, 0.29) is 0 Å². The van der Waals surface area contributed by atoms with Gasteiger partial charge >= 0.3 is 0 Å². The van der Waals surface area contributed by atoms with E-state index in [0.29, 0.717) is 0 Å². The third-order valence-corrected chi connectivity index (χ3v) is 3.80. The molecule has 136 valence electrons. The number of hydrogen-bond donors (Lipinski definition) is 2. The molecule has 0 aliphatic heterocycles. The van der Waals surface area contributed by atoms with Crippen molar-refractivity contribution in [3.63, 3.8) is 0 Å². The van der Waals surface area contributed by atoms with Gasteiger partial charge in [0, 0.05) is 24.5 Å². The molecule has 2 rings (SSSR count). The molecule has 2 aromatic carbocycles. The smallest absolute Gasteiger partial charge is 0.119 e. The number of anilines is 2. The summed E-state index contributed by atoms with van der Waals surface area (Å²) in [6.45, 7) is 7.54. The SMILES string of the molecule is CCNc1ccc(OCCCCCOc2ccc(NCC)cc2)cc1. The molecule has 0 fully saturated rings. The molecule has 0 radical (unpaired) electrons. The molecule has 4 nitrogen and oxygen atoms in total. The van der Waals surface area contributed by atoms with E-state index in [9.17, 15) is 0 Å². The fraction of sp³-hybridized carbons (Fsp3) is 0.429. The van der Waals surface area contributed by atoms with Crippen LogP contribution in [-0.4, -0.2) is 26.3 Å². The van der Waals surface area contributed by atoms with Crippen molar-refractivity contribution in [2.24, 2.45) is 0 Å². The molecule has 0 saturated heterocycles. The van der Waals surface area contributed by atoms with E-state index in [2.05, 4.69) is 24.5 Å². The minimum Gasteiger partial charge on any atom is -0.494 e. The van der Waals surface area contributed by atoms with Crippen LogP contribution in [0.25, 0.3) is 0 Å². The summed E-state index contributed by atoms with van der Waals surface area (Å²) in [6, 6.07) is 16.2. The Morgan fingerprint density at radius 2 is 1.00 bits per heavy atom. The number of rotatable bonds is 12. The minimum absolute atomic E-state index is 0.748. The van der Waals surface area contributed by atoms with Gasteiger partial charge in [0.2, 0.25) is 0 Å². The summed E-state index contributed by atoms with van der Waals surface area (Å²) >= 11 is 0. The summed E-state index contributed by atoms with van der Waals surface area (Å²) in [5.74, 6) is 1.86. The van der Waals surface area contributed by atoms with Crippen molar-refractivity contribution >= 4 is 11.4 Å². The van der Waals surface area contributed by atoms with Crippen LogP contribution < -0.4 is 20.1 Å². The normalized spacial score (nSPS) is 10.3. The van der Waals surface area contributed by atoms with E-state index in [0.717, 1.165) is 68.4 Å². The average Bonchev–Trinajstić information content (AvgIpc) is 2.64. The third kappa shape index (κ3) is 7.38. The number of nitrogens with one attached hydrogen (secondary N) is 2. The average molecular weight is 342 g/mol. The maximum absolute atomic E-state index is 5.76. The first-order valence-corrected chi connectivity index (χ1v) is 9.25. The summed E-state index contributed by atoms with van der Waals surface area (Å²) < 4.78 is 11.5. The van der Waals surface area contributed by atoms with Gasteiger partial charge in [-0.15, -0.1) is 0 Å². The molecule has 25 heavy (non-hydrogen) atoms. The van der Waals surface area contributed by atoms with E-state index in [1.807, 2.05) is 48.5 Å². The molecule has 0 atom stereocenters. The van der Waals surface area contributed by atoms with Gasteiger partial charge in [-0.25, -0.2) is 0 Å². The fourth-order valence-electron chi connectivity index (χ4n) is 2.51. The molecular formula is C21H30N2O2. The first kappa shape index (κ1) is 19.0. The van der Waals surface area contributed by atoms with Gasteiger partial charge in [0.25, 0.3) is 0 Å². The molecule has 0 aliphatic rings. The van der Waals surface area contributed by atoms with Crippen LogP contribution in [0.2, 0.25) is 0 Å². The van der Waals surface area contributed by atoms with E-state index in [1.54, 1.807) is 0 Å². The van der Waals surface area contributed by atoms with Gasteiger partial charge in [0.15, 0.2) is 0 Å². The lowest BCUT2D eigenvalue weighted by molar-refractivity contribution is 0.279. The lowest BCUT2D eigenvalue weighted by atomic mass is 10.2. The van der Waals surface area contributed by atoms with Gasteiger partial charge in [-0.2, -0.15) is 0 Å². The Morgan fingerprint density at radius 1 is 0.600 bits per heavy atom. The van der Waals surface area contributed by atoms with Gasteiger partial charge in [-0.05, 0) is 81.6 Å². The molecule has 0 spiro atoms. The Bertz CT molecular complexity index is 528. The highest BCUT2D eigenvalue weighted by Gasteiger charge is 1.97. The van der Waals surface area contributed by atoms with Crippen LogP contribution in [0, 0.1) is 0 Å². The molecule has 2 N–H and O–H groups in total. The van der Waals surface area contributed by atoms with Gasteiger partial charge in [0.1, 0.15) is 11.5 Å². The number of unbranched alkanes of at least 4 members (excludes halogenated alkanes) is 2. The topological polar surface area (TPSA) is 42.5 Å². The van der Waals surface area contributed by atoms with Crippen LogP contribution in [0.1, 0.15) is 33.1 Å². The standard InChI is InChI=1S/C21H30N2O2/c1-3-22-18-8-12-20(13-9-18)24-16-6-5-7-17-25-21-14-10-19(11-15-21)23-4-2/h8-15,22-23H,3-7,16-17H2,1-2H3. The van der Waals surface area contributed by atoms with Crippen molar-refractivity contribution in [1.29, 1.82) is 0 Å². The van der Waals surface area contributed by atoms with Crippen molar-refractivity contribution in [1.82, 2.24) is 0 Å². The Labute approximate surface area is 151 Å². The minimum atomic E-state index is 0.748. The lowest BCUT2D eigenvalue weighted by Crippen LogP contribution is -2.01. The molecule has 0 amide bonds. The van der Waals surface area contributed by atoms with Crippen molar-refractivity contribution in [2.45, 2.75) is 33.1 Å². The molecule has 0 aromatic heterocycles. The summed E-state index contributed by atoms with van der Waals surface area (Å²) in [6.07, 6.45) is 3.18. The van der Waals surface area contributed by atoms with Gasteiger partial charge in [-0.1, -0.05) is 0 Å². The zero-order valence-corrected chi connectivity index (χ0v) is 15.4. The monoisotopic (exact) mass is 342 g/mol. The number of benzene rings is 2. The molecule has 4 heteroatoms. The quantitative estimate of drug-likeness (QED) is 0.522. The largest absolute Gasteiger partial charge is 0.494 e. The van der Waals surface area contributed by atoms with Crippen molar-refractivity contribution < 1.29 is 9.47 Å². The van der Waals surface area contributed by atoms with Crippen LogP contribution in [0.3, 0.4) is 0 Å². The Hall–Kier alpha value is -2.36. The van der Waals surface area contributed by atoms with Gasteiger partial charge < -0.3 is 20.1 Å². The molecule has 0 saturated carbocycles. The highest BCUT2D eigenvalue weighted by atomic mass is 16.5. The van der Waals surface area contributed by atoms with E-state index in [4.69, 9.17) is 9.47 Å². The Balaban J connectivity index is 1.53. The van der Waals surface area contributed by atoms with Crippen LogP contribution in [0.15, 0.2) is 48.5 Å². The molecule has 0 unspecified atom stereocenters. The fourth-order valence-corrected chi connectivity index (χ4v) is 2.51. The summed E-state index contributed by atoms with van der Waals surface area (Å²) in [5, 5.41) is 6.55. The molecular weight excluding hydrogens is 312 g/mol. The highest BCUT2D eigenvalue weighted by Crippen LogP contribution is 2.17. The number of hydrogen-bond acceptors (Lipinski definition) is 4. The van der Waals surface area contributed by atoms with Crippen LogP contribution in [0.4, 0.5) is 11.4 Å².